The van der Waals surface area contributed by atoms with E-state index in [1.807, 2.05) is 6.92 Å². The van der Waals surface area contributed by atoms with E-state index in [-0.39, 0.29) is 202 Å². The molecule has 0 saturated heterocycles. The molecule has 2 unspecified atom stereocenters. The van der Waals surface area contributed by atoms with Crippen LogP contribution in [0.1, 0.15) is 270 Å². The average molecular weight is 1800 g/mol. The van der Waals surface area contributed by atoms with Crippen molar-refractivity contribution < 1.29 is 231 Å². The van der Waals surface area contributed by atoms with Crippen LogP contribution in [0.25, 0.3) is 0 Å². The molecule has 2 N–H and O–H groups in total. The van der Waals surface area contributed by atoms with E-state index in [0.717, 1.165) is 89.2 Å². The van der Waals surface area contributed by atoms with Crippen molar-refractivity contribution in [1.82, 2.24) is 10.6 Å². The van der Waals surface area contributed by atoms with Crippen molar-refractivity contribution in [2.75, 3.05) is 82.2 Å². The van der Waals surface area contributed by atoms with Gasteiger partial charge < -0.3 is 66.6 Å². The normalized spacial score (nSPS) is 15.8. The van der Waals surface area contributed by atoms with Crippen LogP contribution in [0, 0.1) is 0 Å². The van der Waals surface area contributed by atoms with E-state index in [4.69, 9.17) is 28.0 Å². The van der Waals surface area contributed by atoms with Gasteiger partial charge in [0.25, 0.3) is 7.82 Å². The molecule has 28 nitrogen and oxygen atoms in total. The van der Waals surface area contributed by atoms with Crippen LogP contribution in [0.2, 0.25) is 0 Å². The van der Waals surface area contributed by atoms with Crippen molar-refractivity contribution in [3.8, 4) is 0 Å². The van der Waals surface area contributed by atoms with Crippen LogP contribution in [0.3, 0.4) is 0 Å². The molecule has 652 valence electrons. The Morgan fingerprint density at radius 1 is 0.529 bits per heavy atom. The number of carbonyl (C=O) groups is 4. The quantitative estimate of drug-likeness (QED) is 0.0110. The Balaban J connectivity index is 0.0000348. The number of unbranched alkanes of at least 4 members (excludes halogenated alkanes) is 24. The molecule has 3 atom stereocenters. The first-order valence-electron chi connectivity index (χ1n) is 41.2. The third kappa shape index (κ3) is 49.8. The number of amides is 2. The minimum atomic E-state index is -5.02. The molecule has 4 rings (SSSR count). The van der Waals surface area contributed by atoms with Crippen molar-refractivity contribution in [2.45, 2.75) is 286 Å². The number of anilines is 1. The van der Waals surface area contributed by atoms with Gasteiger partial charge in [-0.25, -0.2) is 38.5 Å². The number of benzene rings is 2. The Morgan fingerprint density at radius 2 is 1.03 bits per heavy atom. The molecule has 0 radical (unpaired) electrons. The number of ether oxygens (including phenoxy) is 4. The Labute approximate surface area is 798 Å². The summed E-state index contributed by atoms with van der Waals surface area (Å²) in [4.78, 5) is 64.7. The van der Waals surface area contributed by atoms with Gasteiger partial charge in [-0.05, 0) is 146 Å². The predicted molar refractivity (Wildman–Crippen MR) is 437 cm³/mol. The number of hydrogen-bond acceptors (Lipinski definition) is 25. The van der Waals surface area contributed by atoms with Crippen LogP contribution in [-0.4, -0.2) is 170 Å². The summed E-state index contributed by atoms with van der Waals surface area (Å²) in [6.07, 6.45) is 45.7. The van der Waals surface area contributed by atoms with Gasteiger partial charge in [0.1, 0.15) is 40.0 Å². The third-order valence-corrected chi connectivity index (χ3v) is 24.3. The van der Waals surface area contributed by atoms with Gasteiger partial charge in [0.05, 0.1) is 61.9 Å². The molecular formula is C82H127N4Na4O24PS4. The van der Waals surface area contributed by atoms with Crippen molar-refractivity contribution in [3.63, 3.8) is 0 Å². The number of esters is 2. The van der Waals surface area contributed by atoms with Crippen molar-refractivity contribution in [3.05, 3.63) is 108 Å². The minimum absolute atomic E-state index is 0. The zero-order chi connectivity index (χ0) is 84.7. The standard InChI is InChI=1S/C82H131N4O24PS4.4Na/c1-6-8-10-12-14-16-18-20-22-24-26-28-30-32-39-47-78(88)107-66-68(110-79(89)48-40-33-31-29-27-25-23-21-19-17-15-13-11-9-7-2)67-109-111(91,92)108-59-55-84-80(90)106-61-60-105-58-54-83-77(87)46-38-35-41-53-82(5)72-65-70(115(102,103)104)50-52-74(72)86(57-43-63-113(96,97)98)76(82)45-37-34-36-44-75-81(3,4)71-64-69(114(99,100)101)49-51-73(71)85(75)56-42-62-112(93,94)95;;;;/h20-23,34,36-37,44-45,49-52,64-65,68H,6-19,24-33,35,38-43,46-48,53-63,66-67H2,1-5H3,(H6-,83,84,87,90,91,92,93,94,95,96,97,98,99,100,101,102,103,104);;;;/q;4*+1/p-4/b22-20-,23-21-;;;;/t68-,82?;;;;/m1..../s1. The second kappa shape index (κ2) is 63.9. The summed E-state index contributed by atoms with van der Waals surface area (Å²) < 4.78 is 190. The maximum absolute atomic E-state index is 13.0. The van der Waals surface area contributed by atoms with E-state index >= 15 is 0 Å². The number of nitrogens with one attached hydrogen (secondary N) is 2. The number of fused-ring (bicyclic) bond motifs is 2. The second-order valence-corrected chi connectivity index (χ2v) is 37.3. The van der Waals surface area contributed by atoms with Crippen LogP contribution in [0.4, 0.5) is 16.2 Å². The molecule has 37 heteroatoms. The van der Waals surface area contributed by atoms with Gasteiger partial charge in [0, 0.05) is 91.3 Å². The zero-order valence-corrected chi connectivity index (χ0v) is 84.4. The molecule has 119 heavy (non-hydrogen) atoms. The first-order valence-corrected chi connectivity index (χ1v) is 48.6. The van der Waals surface area contributed by atoms with Crippen LogP contribution in [0.15, 0.2) is 107 Å². The summed E-state index contributed by atoms with van der Waals surface area (Å²) in [6, 6.07) is 7.71. The van der Waals surface area contributed by atoms with Gasteiger partial charge in [-0.1, -0.05) is 172 Å². The topological polar surface area (TPSA) is 423 Å². The Hall–Kier alpha value is -2.00. The number of rotatable bonds is 65. The first-order chi connectivity index (χ1) is 54.6. The van der Waals surface area contributed by atoms with Crippen LogP contribution in [-0.2, 0) is 98.2 Å². The monoisotopic (exact) mass is 1800 g/mol. The maximum atomic E-state index is 13.0. The number of phosphoric ester groups is 1. The number of nitrogens with zero attached hydrogens (tertiary/aromatic N) is 2. The predicted octanol–water partition coefficient (Wildman–Crippen LogP) is 2.37. The van der Waals surface area contributed by atoms with Gasteiger partial charge in [-0.3, -0.25) is 18.9 Å². The van der Waals surface area contributed by atoms with Gasteiger partial charge in [0.2, 0.25) is 11.6 Å². The summed E-state index contributed by atoms with van der Waals surface area (Å²) in [5.41, 5.74) is 0.990. The summed E-state index contributed by atoms with van der Waals surface area (Å²) >= 11 is 0. The smallest absolute Gasteiger partial charge is 0.756 e. The van der Waals surface area contributed by atoms with E-state index in [0.29, 0.717) is 72.4 Å². The molecule has 0 bridgehead atoms. The number of allylic oxidation sites excluding steroid dienone is 10. The Kier molecular flexibility index (Phi) is 62.8. The van der Waals surface area contributed by atoms with Gasteiger partial charge in [-0.15, -0.1) is 0 Å². The molecule has 0 saturated carbocycles. The summed E-state index contributed by atoms with van der Waals surface area (Å²) in [6.45, 7) is 7.82. The molecule has 2 aliphatic rings. The van der Waals surface area contributed by atoms with E-state index in [9.17, 15) is 80.5 Å². The molecule has 2 amide bonds. The number of phosphoric acid groups is 1. The van der Waals surface area contributed by atoms with E-state index in [2.05, 4.69) is 48.8 Å². The van der Waals surface area contributed by atoms with E-state index < -0.39 is 124 Å². The molecule has 2 aliphatic heterocycles. The SMILES string of the molecule is CCCCCCCC/C=C\CCCCCCCC(=O)OC[C@H](COP(=O)([O-])OCCNC(=O)OCCOCCNC(=O)CCCCCC1(C)/C(=C/C=C/C=C/C2=[N+](CCCS(=O)(=O)[O-])c3ccc(S(=O)(=O)[O-])cc3C2(C)C)N(CCCS(=O)(=O)[O-])c2ccc(S(=O)(=O)[O-])cc21)OC(=O)CCCCCCC/C=C\CCCCCCCC.[Na+].[Na+].[Na+].[Na+]. The van der Waals surface area contributed by atoms with Crippen molar-refractivity contribution >= 4 is 89.3 Å². The van der Waals surface area contributed by atoms with Gasteiger partial charge >= 0.3 is 136 Å². The van der Waals surface area contributed by atoms with Crippen LogP contribution < -0.4 is 139 Å². The largest absolute Gasteiger partial charge is 1.00 e. The van der Waals surface area contributed by atoms with E-state index in [1.54, 1.807) is 53.7 Å². The van der Waals surface area contributed by atoms with E-state index in [1.165, 1.54) is 101 Å². The Bertz CT molecular complexity index is 4060. The minimum Gasteiger partial charge on any atom is -0.756 e. The van der Waals surface area contributed by atoms with Crippen LogP contribution in [0.5, 0.6) is 0 Å². The third-order valence-electron chi connectivity index (χ3n) is 20.1. The average Bonchev–Trinajstić information content (AvgIpc) is 1.59. The molecule has 0 aromatic heterocycles. The second-order valence-electron chi connectivity index (χ2n) is 30.1. The first kappa shape index (κ1) is 117. The number of carbonyl (C=O) groups excluding carboxylic acids is 4. The molecule has 0 fully saturated rings. The van der Waals surface area contributed by atoms with Crippen molar-refractivity contribution in [2.24, 2.45) is 0 Å². The van der Waals surface area contributed by atoms with Crippen molar-refractivity contribution in [1.29, 1.82) is 0 Å². The molecular weight excluding hydrogens is 1680 g/mol. The number of alkyl carbamates (subject to hydrolysis) is 1. The Morgan fingerprint density at radius 3 is 1.58 bits per heavy atom. The molecule has 2 heterocycles. The van der Waals surface area contributed by atoms with Gasteiger partial charge in [0.15, 0.2) is 11.8 Å². The van der Waals surface area contributed by atoms with Gasteiger partial charge in [-0.2, -0.15) is 4.58 Å². The fourth-order valence-electron chi connectivity index (χ4n) is 13.9. The summed E-state index contributed by atoms with van der Waals surface area (Å²) in [7, 11) is -24.1. The molecule has 0 spiro atoms. The fourth-order valence-corrected chi connectivity index (χ4v) is 16.6. The molecule has 2 aromatic rings. The fraction of sp³-hybridized carbons (Fsp3) is 0.671. The summed E-state index contributed by atoms with van der Waals surface area (Å²) in [5, 5.41) is 5.11. The zero-order valence-electron chi connectivity index (χ0n) is 72.2. The van der Waals surface area contributed by atoms with Crippen LogP contribution >= 0.6 is 7.82 Å². The number of hydrogen-bond donors (Lipinski definition) is 2. The summed E-state index contributed by atoms with van der Waals surface area (Å²) in [5.74, 6) is -2.77. The maximum Gasteiger partial charge on any atom is 1.00 e. The molecule has 2 aromatic carbocycles. The molecule has 0 aliphatic carbocycles.